The van der Waals surface area contributed by atoms with Crippen molar-refractivity contribution < 1.29 is 14.7 Å². The number of rotatable bonds is 3. The molecule has 0 aliphatic carbocycles. The van der Waals surface area contributed by atoms with E-state index in [9.17, 15) is 9.59 Å². The van der Waals surface area contributed by atoms with Crippen molar-refractivity contribution >= 4 is 33.6 Å². The number of nitrogens with zero attached hydrogens (tertiary/aromatic N) is 1. The third-order valence-corrected chi connectivity index (χ3v) is 2.82. The molecular formula is C12H11BrN2O3. The lowest BCUT2D eigenvalue weighted by molar-refractivity contribution is 0.0697. The van der Waals surface area contributed by atoms with E-state index in [1.54, 1.807) is 13.1 Å². The zero-order chi connectivity index (χ0) is 13.7. The van der Waals surface area contributed by atoms with Crippen LogP contribution in [0.2, 0.25) is 0 Å². The normalized spacial score (nSPS) is 9.39. The number of carboxylic acid groups (broad SMARTS) is 1. The molecule has 1 rings (SSSR count). The van der Waals surface area contributed by atoms with Gasteiger partial charge in [-0.2, -0.15) is 0 Å². The van der Waals surface area contributed by atoms with Crippen LogP contribution in [0.3, 0.4) is 0 Å². The van der Waals surface area contributed by atoms with Crippen molar-refractivity contribution in [2.24, 2.45) is 0 Å². The summed E-state index contributed by atoms with van der Waals surface area (Å²) in [6.45, 7) is 0.169. The van der Waals surface area contributed by atoms with Crippen LogP contribution in [0, 0.1) is 12.3 Å². The predicted molar refractivity (Wildman–Crippen MR) is 71.6 cm³/mol. The van der Waals surface area contributed by atoms with Gasteiger partial charge in [0.1, 0.15) is 0 Å². The largest absolute Gasteiger partial charge is 0.478 e. The molecule has 0 spiro atoms. The van der Waals surface area contributed by atoms with Crippen molar-refractivity contribution in [3.63, 3.8) is 0 Å². The lowest BCUT2D eigenvalue weighted by Gasteiger charge is -2.16. The maximum atomic E-state index is 11.7. The highest BCUT2D eigenvalue weighted by Crippen LogP contribution is 2.23. The summed E-state index contributed by atoms with van der Waals surface area (Å²) in [6.07, 6.45) is 5.10. The fraction of sp³-hybridized carbons (Fsp3) is 0.167. The quantitative estimate of drug-likeness (QED) is 0.841. The second kappa shape index (κ2) is 6.07. The molecule has 18 heavy (non-hydrogen) atoms. The molecule has 0 atom stereocenters. The van der Waals surface area contributed by atoms with Gasteiger partial charge in [-0.3, -0.25) is 0 Å². The van der Waals surface area contributed by atoms with Crippen LogP contribution < -0.4 is 5.32 Å². The SMILES string of the molecule is C#CCN(C)C(=O)Nc1cc(C(=O)O)ccc1Br. The van der Waals surface area contributed by atoms with Crippen molar-refractivity contribution in [3.8, 4) is 12.3 Å². The van der Waals surface area contributed by atoms with E-state index in [1.165, 1.54) is 17.0 Å². The summed E-state index contributed by atoms with van der Waals surface area (Å²) in [5.41, 5.74) is 0.469. The third-order valence-electron chi connectivity index (χ3n) is 2.13. The van der Waals surface area contributed by atoms with Crippen molar-refractivity contribution in [2.45, 2.75) is 0 Å². The van der Waals surface area contributed by atoms with Crippen LogP contribution in [0.25, 0.3) is 0 Å². The van der Waals surface area contributed by atoms with E-state index < -0.39 is 12.0 Å². The molecule has 5 nitrogen and oxygen atoms in total. The molecule has 1 aromatic carbocycles. The van der Waals surface area contributed by atoms with Gasteiger partial charge in [-0.25, -0.2) is 9.59 Å². The Balaban J connectivity index is 2.90. The minimum absolute atomic E-state index is 0.0908. The summed E-state index contributed by atoms with van der Waals surface area (Å²) in [5, 5.41) is 11.4. The van der Waals surface area contributed by atoms with E-state index >= 15 is 0 Å². The predicted octanol–water partition coefficient (Wildman–Crippen LogP) is 2.24. The van der Waals surface area contributed by atoms with Crippen LogP contribution in [0.4, 0.5) is 10.5 Å². The molecule has 0 aromatic heterocycles. The summed E-state index contributed by atoms with van der Waals surface area (Å²) in [5.74, 6) is 1.28. The molecule has 0 radical (unpaired) electrons. The van der Waals surface area contributed by atoms with Crippen molar-refractivity contribution in [1.29, 1.82) is 0 Å². The van der Waals surface area contributed by atoms with Gasteiger partial charge in [0, 0.05) is 11.5 Å². The van der Waals surface area contributed by atoms with Gasteiger partial charge in [-0.1, -0.05) is 5.92 Å². The number of terminal acetylenes is 1. The van der Waals surface area contributed by atoms with Gasteiger partial charge >= 0.3 is 12.0 Å². The molecule has 0 aliphatic heterocycles. The maximum Gasteiger partial charge on any atom is 0.335 e. The first-order chi connectivity index (χ1) is 8.45. The maximum absolute atomic E-state index is 11.7. The van der Waals surface area contributed by atoms with E-state index in [0.717, 1.165) is 0 Å². The number of halogens is 1. The Morgan fingerprint density at radius 1 is 1.56 bits per heavy atom. The second-order valence-electron chi connectivity index (χ2n) is 3.49. The van der Waals surface area contributed by atoms with Crippen LogP contribution in [0.5, 0.6) is 0 Å². The topological polar surface area (TPSA) is 69.6 Å². The van der Waals surface area contributed by atoms with Crippen molar-refractivity contribution in [1.82, 2.24) is 4.90 Å². The minimum atomic E-state index is -1.06. The lowest BCUT2D eigenvalue weighted by Crippen LogP contribution is -2.31. The molecule has 0 heterocycles. The highest BCUT2D eigenvalue weighted by atomic mass is 79.9. The molecule has 0 fully saturated rings. The van der Waals surface area contributed by atoms with E-state index in [0.29, 0.717) is 10.2 Å². The number of amides is 2. The van der Waals surface area contributed by atoms with Crippen LogP contribution in [0.1, 0.15) is 10.4 Å². The number of benzene rings is 1. The minimum Gasteiger partial charge on any atom is -0.478 e. The molecule has 94 valence electrons. The van der Waals surface area contributed by atoms with E-state index in [-0.39, 0.29) is 12.1 Å². The van der Waals surface area contributed by atoms with Gasteiger partial charge in [0.15, 0.2) is 0 Å². The Kier molecular flexibility index (Phi) is 4.75. The Hall–Kier alpha value is -2.00. The fourth-order valence-electron chi connectivity index (χ4n) is 1.17. The molecule has 2 amide bonds. The van der Waals surface area contributed by atoms with Gasteiger partial charge in [0.25, 0.3) is 0 Å². The van der Waals surface area contributed by atoms with Crippen LogP contribution >= 0.6 is 15.9 Å². The summed E-state index contributed by atoms with van der Waals surface area (Å²) >= 11 is 3.23. The van der Waals surface area contributed by atoms with Crippen LogP contribution in [0.15, 0.2) is 22.7 Å². The lowest BCUT2D eigenvalue weighted by atomic mass is 10.2. The molecule has 6 heteroatoms. The van der Waals surface area contributed by atoms with Crippen LogP contribution in [-0.4, -0.2) is 35.6 Å². The van der Waals surface area contributed by atoms with E-state index in [1.807, 2.05) is 0 Å². The standard InChI is InChI=1S/C12H11BrN2O3/c1-3-6-15(2)12(18)14-10-7-8(11(16)17)4-5-9(10)13/h1,4-5,7H,6H2,2H3,(H,14,18)(H,16,17). The molecule has 0 saturated heterocycles. The van der Waals surface area contributed by atoms with E-state index in [2.05, 4.69) is 27.2 Å². The first-order valence-electron chi connectivity index (χ1n) is 4.94. The average molecular weight is 311 g/mol. The molecule has 2 N–H and O–H groups in total. The smallest absolute Gasteiger partial charge is 0.335 e. The Bertz CT molecular complexity index is 523. The zero-order valence-corrected chi connectivity index (χ0v) is 11.2. The summed E-state index contributed by atoms with van der Waals surface area (Å²) in [7, 11) is 1.55. The molecule has 0 bridgehead atoms. The van der Waals surface area contributed by atoms with Crippen molar-refractivity contribution in [3.05, 3.63) is 28.2 Å². The second-order valence-corrected chi connectivity index (χ2v) is 4.34. The molecule has 1 aromatic rings. The van der Waals surface area contributed by atoms with Gasteiger partial charge in [0.05, 0.1) is 17.8 Å². The number of carbonyl (C=O) groups excluding carboxylic acids is 1. The Labute approximate surface area is 113 Å². The van der Waals surface area contributed by atoms with Gasteiger partial charge < -0.3 is 15.3 Å². The van der Waals surface area contributed by atoms with Gasteiger partial charge in [-0.05, 0) is 34.1 Å². The first-order valence-corrected chi connectivity index (χ1v) is 5.73. The molecule has 0 aliphatic rings. The number of carboxylic acids is 1. The number of aromatic carboxylic acids is 1. The van der Waals surface area contributed by atoms with Crippen molar-refractivity contribution in [2.75, 3.05) is 18.9 Å². The highest BCUT2D eigenvalue weighted by Gasteiger charge is 2.12. The number of anilines is 1. The Morgan fingerprint density at radius 2 is 2.22 bits per heavy atom. The molecule has 0 unspecified atom stereocenters. The zero-order valence-electron chi connectivity index (χ0n) is 9.61. The van der Waals surface area contributed by atoms with Crippen LogP contribution in [-0.2, 0) is 0 Å². The summed E-state index contributed by atoms with van der Waals surface area (Å²) in [6, 6.07) is 3.96. The number of urea groups is 1. The summed E-state index contributed by atoms with van der Waals surface area (Å²) < 4.78 is 0.593. The number of carbonyl (C=O) groups is 2. The third kappa shape index (κ3) is 3.50. The van der Waals surface area contributed by atoms with Gasteiger partial charge in [0.2, 0.25) is 0 Å². The molecular weight excluding hydrogens is 300 g/mol. The highest BCUT2D eigenvalue weighted by molar-refractivity contribution is 9.10. The number of nitrogens with one attached hydrogen (secondary N) is 1. The average Bonchev–Trinajstić information content (AvgIpc) is 2.31. The van der Waals surface area contributed by atoms with E-state index in [4.69, 9.17) is 11.5 Å². The number of hydrogen-bond donors (Lipinski definition) is 2. The monoisotopic (exact) mass is 310 g/mol. The van der Waals surface area contributed by atoms with Gasteiger partial charge in [-0.15, -0.1) is 6.42 Å². The fourth-order valence-corrected chi connectivity index (χ4v) is 1.52. The molecule has 0 saturated carbocycles. The Morgan fingerprint density at radius 3 is 2.78 bits per heavy atom. The number of hydrogen-bond acceptors (Lipinski definition) is 2. The summed E-state index contributed by atoms with van der Waals surface area (Å²) in [4.78, 5) is 23.8. The first kappa shape index (κ1) is 14.1.